The van der Waals surface area contributed by atoms with Gasteiger partial charge >= 0.3 is 0 Å². The summed E-state index contributed by atoms with van der Waals surface area (Å²) in [5.41, 5.74) is 0.211. The Morgan fingerprint density at radius 1 is 1.14 bits per heavy atom. The van der Waals surface area contributed by atoms with Gasteiger partial charge < -0.3 is 19.2 Å². The summed E-state index contributed by atoms with van der Waals surface area (Å²) < 4.78 is 15.2. The Hall–Kier alpha value is -3.56. The molecule has 0 saturated carbocycles. The lowest BCUT2D eigenvalue weighted by Gasteiger charge is -2.28. The van der Waals surface area contributed by atoms with Gasteiger partial charge in [-0.1, -0.05) is 0 Å². The van der Waals surface area contributed by atoms with Gasteiger partial charge in [-0.3, -0.25) is 14.4 Å². The number of carbonyl (C=O) groups excluding carboxylic acids is 3. The predicted molar refractivity (Wildman–Crippen MR) is 95.7 cm³/mol. The maximum atomic E-state index is 12.9. The van der Waals surface area contributed by atoms with Crippen LogP contribution in [0.25, 0.3) is 0 Å². The van der Waals surface area contributed by atoms with Crippen LogP contribution >= 0.6 is 0 Å². The molecule has 3 rings (SSSR count). The quantitative estimate of drug-likeness (QED) is 0.775. The molecule has 28 heavy (non-hydrogen) atoms. The van der Waals surface area contributed by atoms with Crippen LogP contribution in [0.3, 0.4) is 0 Å². The lowest BCUT2D eigenvalue weighted by Crippen LogP contribution is -2.48. The highest BCUT2D eigenvalue weighted by Crippen LogP contribution is 2.23. The van der Waals surface area contributed by atoms with Gasteiger partial charge in [0.15, 0.2) is 5.76 Å². The fourth-order valence-electron chi connectivity index (χ4n) is 2.82. The maximum absolute atomic E-state index is 12.9. The van der Waals surface area contributed by atoms with Crippen molar-refractivity contribution in [3.8, 4) is 11.8 Å². The van der Waals surface area contributed by atoms with Crippen molar-refractivity contribution in [3.63, 3.8) is 0 Å². The van der Waals surface area contributed by atoms with Crippen LogP contribution in [-0.4, -0.2) is 66.6 Å². The second kappa shape index (κ2) is 8.42. The standard InChI is InChI=1S/C18H20N4O6/c1-26-14-7-6-12(17(20-14)27-2)18(25)22-9-4-8-21(22)15(23)11-19-16(24)13-5-3-10-28-13/h3,5-7,10H,4,8-9,11H2,1-2H3,(H,19,24). The first kappa shape index (κ1) is 19.2. The highest BCUT2D eigenvalue weighted by molar-refractivity contribution is 5.98. The van der Waals surface area contributed by atoms with E-state index in [2.05, 4.69) is 10.3 Å². The fourth-order valence-corrected chi connectivity index (χ4v) is 2.82. The van der Waals surface area contributed by atoms with E-state index in [1.807, 2.05) is 0 Å². The molecular formula is C18H20N4O6. The Morgan fingerprint density at radius 3 is 2.61 bits per heavy atom. The number of nitrogens with one attached hydrogen (secondary N) is 1. The number of carbonyl (C=O) groups is 3. The molecule has 3 amide bonds. The Kier molecular flexibility index (Phi) is 5.78. The molecule has 10 heteroatoms. The minimum absolute atomic E-state index is 0.106. The number of ether oxygens (including phenoxy) is 2. The Morgan fingerprint density at radius 2 is 1.93 bits per heavy atom. The molecule has 0 aliphatic carbocycles. The summed E-state index contributed by atoms with van der Waals surface area (Å²) in [7, 11) is 2.86. The molecule has 10 nitrogen and oxygen atoms in total. The van der Waals surface area contributed by atoms with Crippen molar-refractivity contribution in [1.82, 2.24) is 20.3 Å². The minimum Gasteiger partial charge on any atom is -0.481 e. The predicted octanol–water partition coefficient (Wildman–Crippen LogP) is 0.711. The first-order valence-electron chi connectivity index (χ1n) is 8.58. The number of pyridine rings is 1. The van der Waals surface area contributed by atoms with E-state index >= 15 is 0 Å². The van der Waals surface area contributed by atoms with Gasteiger partial charge in [0.1, 0.15) is 5.56 Å². The summed E-state index contributed by atoms with van der Waals surface area (Å²) in [4.78, 5) is 41.5. The van der Waals surface area contributed by atoms with Gasteiger partial charge in [0.2, 0.25) is 11.8 Å². The third-order valence-corrected chi connectivity index (χ3v) is 4.17. The Labute approximate surface area is 161 Å². The van der Waals surface area contributed by atoms with Crippen molar-refractivity contribution in [2.45, 2.75) is 6.42 Å². The van der Waals surface area contributed by atoms with Gasteiger partial charge in [0.25, 0.3) is 17.7 Å². The van der Waals surface area contributed by atoms with E-state index in [4.69, 9.17) is 13.9 Å². The third-order valence-electron chi connectivity index (χ3n) is 4.17. The zero-order valence-electron chi connectivity index (χ0n) is 15.5. The largest absolute Gasteiger partial charge is 0.481 e. The molecule has 1 saturated heterocycles. The van der Waals surface area contributed by atoms with Crippen LogP contribution in [0.15, 0.2) is 34.9 Å². The average molecular weight is 388 g/mol. The number of aromatic nitrogens is 1. The van der Waals surface area contributed by atoms with Crippen LogP contribution in [0, 0.1) is 0 Å². The summed E-state index contributed by atoms with van der Waals surface area (Å²) in [5, 5.41) is 5.12. The number of nitrogens with zero attached hydrogens (tertiary/aromatic N) is 3. The molecule has 0 aromatic carbocycles. The molecular weight excluding hydrogens is 368 g/mol. The summed E-state index contributed by atoms with van der Waals surface area (Å²) in [6, 6.07) is 6.15. The Bertz CT molecular complexity index is 867. The van der Waals surface area contributed by atoms with Crippen molar-refractivity contribution < 1.29 is 28.3 Å². The van der Waals surface area contributed by atoms with E-state index in [-0.39, 0.29) is 23.7 Å². The number of rotatable bonds is 6. The van der Waals surface area contributed by atoms with Gasteiger partial charge in [-0.25, -0.2) is 10.0 Å². The molecule has 0 bridgehead atoms. The van der Waals surface area contributed by atoms with E-state index in [1.54, 1.807) is 12.1 Å². The summed E-state index contributed by atoms with van der Waals surface area (Å²) >= 11 is 0. The van der Waals surface area contributed by atoms with Crippen molar-refractivity contribution >= 4 is 17.7 Å². The molecule has 3 heterocycles. The number of methoxy groups -OCH3 is 2. The van der Waals surface area contributed by atoms with Crippen LogP contribution in [0.2, 0.25) is 0 Å². The molecule has 0 spiro atoms. The number of hydrogen-bond acceptors (Lipinski definition) is 7. The molecule has 2 aromatic heterocycles. The Balaban J connectivity index is 1.69. The second-order valence-electron chi connectivity index (χ2n) is 5.87. The summed E-state index contributed by atoms with van der Waals surface area (Å²) in [5.74, 6) is -0.813. The monoisotopic (exact) mass is 388 g/mol. The van der Waals surface area contributed by atoms with Crippen LogP contribution in [-0.2, 0) is 4.79 Å². The average Bonchev–Trinajstić information content (AvgIpc) is 3.42. The molecule has 2 aromatic rings. The fraction of sp³-hybridized carbons (Fsp3) is 0.333. The first-order chi connectivity index (χ1) is 13.5. The smallest absolute Gasteiger partial charge is 0.287 e. The number of furan rings is 1. The highest BCUT2D eigenvalue weighted by Gasteiger charge is 2.33. The van der Waals surface area contributed by atoms with Crippen molar-refractivity contribution in [2.24, 2.45) is 0 Å². The summed E-state index contributed by atoms with van der Waals surface area (Å²) in [6.07, 6.45) is 1.99. The molecule has 1 aliphatic rings. The minimum atomic E-state index is -0.503. The van der Waals surface area contributed by atoms with Crippen molar-refractivity contribution in [2.75, 3.05) is 33.9 Å². The SMILES string of the molecule is COc1ccc(C(=O)N2CCCN2C(=O)CNC(=O)c2ccco2)c(OC)n1. The number of hydrogen-bond donors (Lipinski definition) is 1. The van der Waals surface area contributed by atoms with Crippen LogP contribution in [0.4, 0.5) is 0 Å². The van der Waals surface area contributed by atoms with Gasteiger partial charge in [-0.05, 0) is 24.6 Å². The van der Waals surface area contributed by atoms with E-state index < -0.39 is 17.7 Å². The van der Waals surface area contributed by atoms with Crippen molar-refractivity contribution in [1.29, 1.82) is 0 Å². The molecule has 1 aliphatic heterocycles. The zero-order chi connectivity index (χ0) is 20.1. The number of amides is 3. The molecule has 1 N–H and O–H groups in total. The van der Waals surface area contributed by atoms with Crippen molar-refractivity contribution in [3.05, 3.63) is 41.9 Å². The zero-order valence-corrected chi connectivity index (χ0v) is 15.5. The molecule has 1 fully saturated rings. The van der Waals surface area contributed by atoms with Gasteiger partial charge in [-0.15, -0.1) is 0 Å². The third kappa shape index (κ3) is 3.90. The van der Waals surface area contributed by atoms with Gasteiger partial charge in [0.05, 0.1) is 27.0 Å². The highest BCUT2D eigenvalue weighted by atomic mass is 16.5. The molecule has 0 radical (unpaired) electrons. The molecule has 0 unspecified atom stereocenters. The second-order valence-corrected chi connectivity index (χ2v) is 5.87. The van der Waals surface area contributed by atoms with E-state index in [0.29, 0.717) is 25.4 Å². The van der Waals surface area contributed by atoms with Gasteiger partial charge in [0, 0.05) is 19.2 Å². The maximum Gasteiger partial charge on any atom is 0.287 e. The van der Waals surface area contributed by atoms with Crippen LogP contribution in [0.5, 0.6) is 11.8 Å². The van der Waals surface area contributed by atoms with Gasteiger partial charge in [-0.2, -0.15) is 4.98 Å². The lowest BCUT2D eigenvalue weighted by atomic mass is 10.2. The van der Waals surface area contributed by atoms with E-state index in [0.717, 1.165) is 0 Å². The van der Waals surface area contributed by atoms with E-state index in [1.165, 1.54) is 42.6 Å². The van der Waals surface area contributed by atoms with E-state index in [9.17, 15) is 14.4 Å². The first-order valence-corrected chi connectivity index (χ1v) is 8.58. The molecule has 0 atom stereocenters. The number of hydrazine groups is 1. The molecule has 148 valence electrons. The normalized spacial score (nSPS) is 13.4. The lowest BCUT2D eigenvalue weighted by molar-refractivity contribution is -0.139. The summed E-state index contributed by atoms with van der Waals surface area (Å²) in [6.45, 7) is 0.473. The van der Waals surface area contributed by atoms with Crippen LogP contribution < -0.4 is 14.8 Å². The topological polar surface area (TPSA) is 114 Å². The van der Waals surface area contributed by atoms with Crippen LogP contribution in [0.1, 0.15) is 27.3 Å².